The van der Waals surface area contributed by atoms with Gasteiger partial charge >= 0.3 is 0 Å². The Morgan fingerprint density at radius 1 is 0.304 bits per heavy atom. The van der Waals surface area contributed by atoms with Crippen LogP contribution in [0.15, 0.2) is 48.5 Å². The molecule has 0 fully saturated rings. The number of hydrogen-bond acceptors (Lipinski definition) is 10. The van der Waals surface area contributed by atoms with Gasteiger partial charge in [-0.2, -0.15) is 0 Å². The molecular formula is C36H40N4O6. The van der Waals surface area contributed by atoms with Gasteiger partial charge in [-0.15, -0.1) is 0 Å². The molecule has 240 valence electrons. The molecule has 12 bridgehead atoms. The third-order valence-corrected chi connectivity index (χ3v) is 8.48. The Kier molecular flexibility index (Phi) is 8.38. The number of hydrogen-bond donors (Lipinski definition) is 4. The molecule has 46 heavy (non-hydrogen) atoms. The van der Waals surface area contributed by atoms with Crippen LogP contribution in [0.1, 0.15) is 44.5 Å². The Hall–Kier alpha value is -4.80. The molecule has 2 aliphatic heterocycles. The molecule has 10 nitrogen and oxygen atoms in total. The number of nitrogens with two attached hydrogens (primary N) is 4. The summed E-state index contributed by atoms with van der Waals surface area (Å²) in [5.74, 6) is 3.01. The first-order chi connectivity index (χ1) is 22.4. The van der Waals surface area contributed by atoms with Crippen LogP contribution in [0.25, 0.3) is 0 Å². The van der Waals surface area contributed by atoms with Crippen molar-refractivity contribution >= 4 is 22.7 Å². The third-order valence-electron chi connectivity index (χ3n) is 8.48. The van der Waals surface area contributed by atoms with Crippen molar-refractivity contribution in [2.24, 2.45) is 0 Å². The standard InChI is InChI=1S/C36H40N4O6/c37-29-13-21-9-22-14-30(38)19-27-12-28-20-32(40)16-24-10-23-15-31(39)18-26(35(23)45-7-3-42-4-8-46-36(24)28)11-25(17-29)33(21)43-5-1-41-2-6-44-34(22)27/h13-20H,1-12,37-40H2. The number of rotatable bonds is 0. The minimum atomic E-state index is 0.376. The monoisotopic (exact) mass is 624 g/mol. The Labute approximate surface area is 268 Å². The van der Waals surface area contributed by atoms with Crippen LogP contribution in [0.4, 0.5) is 22.7 Å². The van der Waals surface area contributed by atoms with Crippen molar-refractivity contribution in [3.63, 3.8) is 0 Å². The molecule has 0 saturated carbocycles. The average molecular weight is 625 g/mol. The summed E-state index contributed by atoms with van der Waals surface area (Å²) in [5.41, 5.74) is 36.1. The van der Waals surface area contributed by atoms with E-state index in [0.29, 0.717) is 101 Å². The van der Waals surface area contributed by atoms with E-state index < -0.39 is 0 Å². The van der Waals surface area contributed by atoms with Crippen molar-refractivity contribution in [3.8, 4) is 23.0 Å². The summed E-state index contributed by atoms with van der Waals surface area (Å²) >= 11 is 0. The maximum Gasteiger partial charge on any atom is 0.126 e. The highest BCUT2D eigenvalue weighted by Gasteiger charge is 2.24. The van der Waals surface area contributed by atoms with Crippen molar-refractivity contribution in [2.75, 3.05) is 75.8 Å². The minimum absolute atomic E-state index is 0.376. The van der Waals surface area contributed by atoms with Gasteiger partial charge in [0.1, 0.15) is 49.4 Å². The zero-order valence-electron chi connectivity index (χ0n) is 25.9. The van der Waals surface area contributed by atoms with E-state index in [9.17, 15) is 0 Å². The Bertz CT molecular complexity index is 1520. The van der Waals surface area contributed by atoms with E-state index in [1.54, 1.807) is 0 Å². The fraction of sp³-hybridized carbons (Fsp3) is 0.333. The van der Waals surface area contributed by atoms with Gasteiger partial charge in [-0.1, -0.05) is 0 Å². The van der Waals surface area contributed by atoms with E-state index >= 15 is 0 Å². The summed E-state index contributed by atoms with van der Waals surface area (Å²) in [6.07, 6.45) is 1.94. The number of ether oxygens (including phenoxy) is 6. The van der Waals surface area contributed by atoms with Crippen LogP contribution in [-0.4, -0.2) is 52.9 Å². The van der Waals surface area contributed by atoms with Gasteiger partial charge in [0.05, 0.1) is 26.4 Å². The van der Waals surface area contributed by atoms with Gasteiger partial charge in [-0.05, 0) is 48.5 Å². The molecule has 1 aliphatic carbocycles. The van der Waals surface area contributed by atoms with Crippen molar-refractivity contribution in [1.29, 1.82) is 0 Å². The summed E-state index contributed by atoms with van der Waals surface area (Å²) in [4.78, 5) is 0. The van der Waals surface area contributed by atoms with E-state index in [-0.39, 0.29) is 0 Å². The summed E-state index contributed by atoms with van der Waals surface area (Å²) in [7, 11) is 0. The van der Waals surface area contributed by atoms with Crippen LogP contribution < -0.4 is 41.9 Å². The maximum absolute atomic E-state index is 6.57. The van der Waals surface area contributed by atoms with Gasteiger partial charge in [-0.25, -0.2) is 0 Å². The molecule has 0 radical (unpaired) electrons. The van der Waals surface area contributed by atoms with Gasteiger partial charge in [0.25, 0.3) is 0 Å². The van der Waals surface area contributed by atoms with E-state index in [4.69, 9.17) is 51.4 Å². The zero-order valence-corrected chi connectivity index (χ0v) is 25.9. The predicted octanol–water partition coefficient (Wildman–Crippen LogP) is 4.27. The SMILES string of the molecule is Nc1cc2c3c(c1)Cc1cc(N)cc4c1OCCOCCOc1c(cc(N)cc1Cc1cc(N)cc(c1OCCOCCO3)C2)C4. The first-order valence-electron chi connectivity index (χ1n) is 15.7. The second kappa shape index (κ2) is 12.9. The summed E-state index contributed by atoms with van der Waals surface area (Å²) in [6, 6.07) is 15.7. The molecule has 10 heteroatoms. The predicted molar refractivity (Wildman–Crippen MR) is 178 cm³/mol. The van der Waals surface area contributed by atoms with E-state index in [1.807, 2.05) is 48.5 Å². The Balaban J connectivity index is 1.53. The van der Waals surface area contributed by atoms with Gasteiger partial charge in [0.2, 0.25) is 0 Å². The van der Waals surface area contributed by atoms with E-state index in [0.717, 1.165) is 67.5 Å². The molecule has 2 heterocycles. The van der Waals surface area contributed by atoms with Gasteiger partial charge in [0.15, 0.2) is 0 Å². The van der Waals surface area contributed by atoms with Crippen molar-refractivity contribution < 1.29 is 28.4 Å². The highest BCUT2D eigenvalue weighted by Crippen LogP contribution is 2.41. The molecule has 0 aromatic heterocycles. The van der Waals surface area contributed by atoms with Gasteiger partial charge in [-0.3, -0.25) is 0 Å². The highest BCUT2D eigenvalue weighted by molar-refractivity contribution is 5.64. The van der Waals surface area contributed by atoms with Crippen molar-refractivity contribution in [3.05, 3.63) is 93.0 Å². The molecule has 0 saturated heterocycles. The van der Waals surface area contributed by atoms with E-state index in [1.165, 1.54) is 0 Å². The van der Waals surface area contributed by atoms with Crippen LogP contribution in [0.2, 0.25) is 0 Å². The van der Waals surface area contributed by atoms with Gasteiger partial charge in [0, 0.05) is 92.9 Å². The topological polar surface area (TPSA) is 159 Å². The van der Waals surface area contributed by atoms with Crippen LogP contribution >= 0.6 is 0 Å². The summed E-state index contributed by atoms with van der Waals surface area (Å²) in [5, 5.41) is 0. The molecule has 0 atom stereocenters. The lowest BCUT2D eigenvalue weighted by molar-refractivity contribution is 0.0744. The number of benzene rings is 4. The quantitative estimate of drug-likeness (QED) is 0.183. The average Bonchev–Trinajstić information content (AvgIpc) is 2.98. The fourth-order valence-corrected chi connectivity index (χ4v) is 6.75. The molecule has 4 aromatic rings. The van der Waals surface area contributed by atoms with Crippen LogP contribution in [0.5, 0.6) is 23.0 Å². The molecule has 0 spiro atoms. The van der Waals surface area contributed by atoms with Gasteiger partial charge < -0.3 is 51.4 Å². The maximum atomic E-state index is 6.57. The molecule has 3 aliphatic rings. The zero-order chi connectivity index (χ0) is 31.6. The first-order valence-corrected chi connectivity index (χ1v) is 15.7. The largest absolute Gasteiger partial charge is 0.491 e. The molecular weight excluding hydrogens is 584 g/mol. The Morgan fingerprint density at radius 2 is 0.500 bits per heavy atom. The molecule has 0 unspecified atom stereocenters. The first kappa shape index (κ1) is 29.9. The summed E-state index contributed by atoms with van der Waals surface area (Å²) in [6.45, 7) is 3.16. The number of nitrogen functional groups attached to an aromatic ring is 4. The van der Waals surface area contributed by atoms with Crippen molar-refractivity contribution in [1.82, 2.24) is 0 Å². The molecule has 4 aromatic carbocycles. The van der Waals surface area contributed by atoms with Crippen molar-refractivity contribution in [2.45, 2.75) is 25.7 Å². The molecule has 7 rings (SSSR count). The second-order valence-electron chi connectivity index (χ2n) is 12.0. The third kappa shape index (κ3) is 6.31. The van der Waals surface area contributed by atoms with E-state index in [2.05, 4.69) is 0 Å². The lowest BCUT2D eigenvalue weighted by Gasteiger charge is -2.25. The normalized spacial score (nSPS) is 16.5. The van der Waals surface area contributed by atoms with Crippen LogP contribution in [0, 0.1) is 0 Å². The van der Waals surface area contributed by atoms with Crippen LogP contribution in [0.3, 0.4) is 0 Å². The minimum Gasteiger partial charge on any atom is -0.491 e. The van der Waals surface area contributed by atoms with Crippen LogP contribution in [-0.2, 0) is 35.2 Å². The Morgan fingerprint density at radius 3 is 0.696 bits per heavy atom. The lowest BCUT2D eigenvalue weighted by Crippen LogP contribution is -2.18. The summed E-state index contributed by atoms with van der Waals surface area (Å²) < 4.78 is 37.7. The second-order valence-corrected chi connectivity index (χ2v) is 12.0. The smallest absolute Gasteiger partial charge is 0.126 e. The lowest BCUT2D eigenvalue weighted by atomic mass is 9.90. The number of anilines is 4. The molecule has 0 amide bonds. The highest BCUT2D eigenvalue weighted by atomic mass is 16.6. The fourth-order valence-electron chi connectivity index (χ4n) is 6.75. The molecule has 8 N–H and O–H groups in total.